The lowest BCUT2D eigenvalue weighted by atomic mass is 10.2. The molecular weight excluding hydrogens is 465 g/mol. The van der Waals surface area contributed by atoms with Crippen LogP contribution in [-0.4, -0.2) is 14.9 Å². The van der Waals surface area contributed by atoms with Crippen LogP contribution in [0.25, 0.3) is 0 Å². The molecule has 0 saturated heterocycles. The zero-order valence-corrected chi connectivity index (χ0v) is 18.3. The van der Waals surface area contributed by atoms with Gasteiger partial charge in [0, 0.05) is 10.7 Å². The molecule has 0 amide bonds. The zero-order valence-electron chi connectivity index (χ0n) is 16.8. The summed E-state index contributed by atoms with van der Waals surface area (Å²) in [4.78, 5) is 19.3. The second kappa shape index (κ2) is 10.0. The largest absolute Gasteiger partial charge is 0.353 e. The summed E-state index contributed by atoms with van der Waals surface area (Å²) in [6, 6.07) is 21.0. The maximum absolute atomic E-state index is 11.8. The Hall–Kier alpha value is -4.08. The molecule has 0 aliphatic heterocycles. The molecule has 0 aliphatic rings. The Morgan fingerprint density at radius 3 is 2.09 bits per heavy atom. The quantitative estimate of drug-likeness (QED) is 0.160. The highest BCUT2D eigenvalue weighted by Gasteiger charge is 2.24. The Morgan fingerprint density at radius 2 is 1.45 bits per heavy atom. The number of anilines is 4. The number of nitro groups is 1. The molecule has 0 spiro atoms. The predicted octanol–water partition coefficient (Wildman–Crippen LogP) is 7.59. The zero-order chi connectivity index (χ0) is 23.2. The number of hydrogen-bond donors (Lipinski definition) is 2. The molecule has 33 heavy (non-hydrogen) atoms. The smallest absolute Gasteiger partial charge is 0.334 e. The lowest BCUT2D eigenvalue weighted by Crippen LogP contribution is -2.05. The van der Waals surface area contributed by atoms with Crippen LogP contribution in [0.1, 0.15) is 0 Å². The first kappa shape index (κ1) is 22.1. The summed E-state index contributed by atoms with van der Waals surface area (Å²) < 4.78 is 0. The minimum Gasteiger partial charge on any atom is -0.334 e. The summed E-state index contributed by atoms with van der Waals surface area (Å²) in [7, 11) is 0. The van der Waals surface area contributed by atoms with Crippen LogP contribution in [-0.2, 0) is 0 Å². The number of nitrogens with zero attached hydrogens (tertiary/aromatic N) is 5. The predicted molar refractivity (Wildman–Crippen MR) is 129 cm³/mol. The van der Waals surface area contributed by atoms with E-state index in [2.05, 4.69) is 30.8 Å². The molecule has 0 aliphatic carbocycles. The van der Waals surface area contributed by atoms with Crippen LogP contribution in [0.4, 0.5) is 40.1 Å². The molecule has 0 saturated carbocycles. The van der Waals surface area contributed by atoms with Gasteiger partial charge in [0.15, 0.2) is 0 Å². The first-order valence-electron chi connectivity index (χ1n) is 9.55. The Balaban J connectivity index is 1.56. The summed E-state index contributed by atoms with van der Waals surface area (Å²) in [5, 5.41) is 26.7. The molecule has 0 fully saturated rings. The van der Waals surface area contributed by atoms with Crippen molar-refractivity contribution in [3.05, 3.63) is 99.3 Å². The molecule has 0 unspecified atom stereocenters. The van der Waals surface area contributed by atoms with Gasteiger partial charge in [-0.1, -0.05) is 41.4 Å². The van der Waals surface area contributed by atoms with E-state index in [0.29, 0.717) is 27.1 Å². The lowest BCUT2D eigenvalue weighted by molar-refractivity contribution is -0.383. The third kappa shape index (κ3) is 5.59. The minimum absolute atomic E-state index is 0.0150. The number of rotatable bonds is 7. The Bertz CT molecular complexity index is 1320. The van der Waals surface area contributed by atoms with Gasteiger partial charge in [-0.3, -0.25) is 10.1 Å². The van der Waals surface area contributed by atoms with Gasteiger partial charge in [-0.2, -0.15) is 10.2 Å². The van der Waals surface area contributed by atoms with Gasteiger partial charge in [0.2, 0.25) is 11.6 Å². The first-order chi connectivity index (χ1) is 16.0. The number of nitrogens with one attached hydrogen (secondary N) is 2. The van der Waals surface area contributed by atoms with Crippen molar-refractivity contribution in [2.75, 3.05) is 10.6 Å². The normalized spacial score (nSPS) is 10.8. The molecule has 1 aromatic heterocycles. The van der Waals surface area contributed by atoms with Crippen LogP contribution in [0.5, 0.6) is 0 Å². The number of hydrogen-bond acceptors (Lipinski definition) is 8. The molecule has 9 nitrogen and oxygen atoms in total. The molecule has 2 N–H and O–H groups in total. The van der Waals surface area contributed by atoms with Crippen molar-refractivity contribution < 1.29 is 4.92 Å². The Kier molecular flexibility index (Phi) is 6.72. The molecular formula is C22H15Cl2N7O2. The maximum atomic E-state index is 11.8. The van der Waals surface area contributed by atoms with E-state index in [9.17, 15) is 10.1 Å². The fraction of sp³-hybridized carbons (Fsp3) is 0. The SMILES string of the molecule is O=[N+]([O-])c1c(Nc2ccc(N=Nc3ccccc3)cc2)ncnc1Nc1ccc(Cl)cc1Cl. The van der Waals surface area contributed by atoms with Gasteiger partial charge in [-0.05, 0) is 54.6 Å². The van der Waals surface area contributed by atoms with E-state index < -0.39 is 4.92 Å². The van der Waals surface area contributed by atoms with E-state index in [1.807, 2.05) is 30.3 Å². The van der Waals surface area contributed by atoms with Gasteiger partial charge in [0.05, 0.1) is 27.0 Å². The molecule has 0 atom stereocenters. The van der Waals surface area contributed by atoms with Crippen molar-refractivity contribution in [1.29, 1.82) is 0 Å². The molecule has 0 radical (unpaired) electrons. The van der Waals surface area contributed by atoms with Gasteiger partial charge >= 0.3 is 5.69 Å². The minimum atomic E-state index is -0.572. The standard InChI is InChI=1S/C22H15Cl2N7O2/c23-14-6-11-19(18(24)12-14)28-22-20(31(32)33)21(25-13-26-22)27-15-7-9-17(10-8-15)30-29-16-4-2-1-3-5-16/h1-13H,(H2,25,26,27,28). The Morgan fingerprint density at radius 1 is 0.818 bits per heavy atom. The topological polar surface area (TPSA) is 118 Å². The van der Waals surface area contributed by atoms with Crippen molar-refractivity contribution in [3.63, 3.8) is 0 Å². The Labute approximate surface area is 198 Å². The second-order valence-electron chi connectivity index (χ2n) is 6.63. The second-order valence-corrected chi connectivity index (χ2v) is 7.48. The van der Waals surface area contributed by atoms with E-state index in [1.165, 1.54) is 12.4 Å². The van der Waals surface area contributed by atoms with Gasteiger partial charge in [-0.25, -0.2) is 9.97 Å². The summed E-state index contributed by atoms with van der Waals surface area (Å²) in [5.74, 6) is -0.00347. The average molecular weight is 480 g/mol. The molecule has 1 heterocycles. The van der Waals surface area contributed by atoms with E-state index in [0.717, 1.165) is 5.69 Å². The van der Waals surface area contributed by atoms with Gasteiger partial charge < -0.3 is 10.6 Å². The highest BCUT2D eigenvalue weighted by molar-refractivity contribution is 6.36. The number of aromatic nitrogens is 2. The van der Waals surface area contributed by atoms with E-state index in [-0.39, 0.29) is 17.3 Å². The van der Waals surface area contributed by atoms with Crippen molar-refractivity contribution in [2.24, 2.45) is 10.2 Å². The van der Waals surface area contributed by atoms with Gasteiger partial charge in [0.25, 0.3) is 0 Å². The van der Waals surface area contributed by atoms with Gasteiger partial charge in [-0.15, -0.1) is 0 Å². The van der Waals surface area contributed by atoms with Crippen LogP contribution in [0, 0.1) is 10.1 Å². The fourth-order valence-electron chi connectivity index (χ4n) is 2.81. The van der Waals surface area contributed by atoms with Gasteiger partial charge in [0.1, 0.15) is 6.33 Å². The summed E-state index contributed by atoms with van der Waals surface area (Å²) >= 11 is 12.1. The van der Waals surface area contributed by atoms with Crippen molar-refractivity contribution >= 4 is 63.3 Å². The molecule has 0 bridgehead atoms. The van der Waals surface area contributed by atoms with E-state index in [4.69, 9.17) is 23.2 Å². The molecule has 164 valence electrons. The monoisotopic (exact) mass is 479 g/mol. The van der Waals surface area contributed by atoms with Crippen LogP contribution < -0.4 is 10.6 Å². The molecule has 4 rings (SSSR count). The van der Waals surface area contributed by atoms with Crippen LogP contribution in [0.15, 0.2) is 89.4 Å². The van der Waals surface area contributed by atoms with Crippen molar-refractivity contribution in [2.45, 2.75) is 0 Å². The summed E-state index contributed by atoms with van der Waals surface area (Å²) in [6.07, 6.45) is 1.21. The van der Waals surface area contributed by atoms with E-state index in [1.54, 1.807) is 36.4 Å². The third-order valence-electron chi connectivity index (χ3n) is 4.36. The average Bonchev–Trinajstić information content (AvgIpc) is 2.81. The summed E-state index contributed by atoms with van der Waals surface area (Å²) in [5.41, 5.74) is 2.02. The molecule has 11 heteroatoms. The van der Waals surface area contributed by atoms with Crippen molar-refractivity contribution in [3.8, 4) is 0 Å². The lowest BCUT2D eigenvalue weighted by Gasteiger charge is -2.11. The van der Waals surface area contributed by atoms with Crippen molar-refractivity contribution in [1.82, 2.24) is 9.97 Å². The number of halogens is 2. The highest BCUT2D eigenvalue weighted by Crippen LogP contribution is 2.35. The summed E-state index contributed by atoms with van der Waals surface area (Å²) in [6.45, 7) is 0. The molecule has 4 aromatic rings. The van der Waals surface area contributed by atoms with E-state index >= 15 is 0 Å². The fourth-order valence-corrected chi connectivity index (χ4v) is 3.27. The number of benzene rings is 3. The van der Waals surface area contributed by atoms with Crippen LogP contribution in [0.2, 0.25) is 10.0 Å². The number of azo groups is 1. The van der Waals surface area contributed by atoms with Crippen LogP contribution in [0.3, 0.4) is 0 Å². The maximum Gasteiger partial charge on any atom is 0.353 e. The van der Waals surface area contributed by atoms with Crippen LogP contribution >= 0.6 is 23.2 Å². The highest BCUT2D eigenvalue weighted by atomic mass is 35.5. The molecule has 3 aromatic carbocycles. The third-order valence-corrected chi connectivity index (χ3v) is 4.90. The first-order valence-corrected chi connectivity index (χ1v) is 10.3.